The lowest BCUT2D eigenvalue weighted by atomic mass is 9.83. The molecule has 8 nitrogen and oxygen atoms in total. The van der Waals surface area contributed by atoms with Crippen molar-refractivity contribution in [1.82, 2.24) is 0 Å². The summed E-state index contributed by atoms with van der Waals surface area (Å²) in [4.78, 5) is 49.1. The molecular formula is C22H28O8. The van der Waals surface area contributed by atoms with Gasteiger partial charge in [-0.25, -0.2) is 9.59 Å². The van der Waals surface area contributed by atoms with Crippen LogP contribution in [0.5, 0.6) is 0 Å². The minimum absolute atomic E-state index is 0.0418. The second kappa shape index (κ2) is 8.34. The fourth-order valence-electron chi connectivity index (χ4n) is 3.95. The van der Waals surface area contributed by atoms with Gasteiger partial charge in [0.15, 0.2) is 6.10 Å². The summed E-state index contributed by atoms with van der Waals surface area (Å²) < 4.78 is 22.3. The van der Waals surface area contributed by atoms with E-state index in [1.165, 1.54) is 6.92 Å². The predicted molar refractivity (Wildman–Crippen MR) is 104 cm³/mol. The van der Waals surface area contributed by atoms with Crippen LogP contribution >= 0.6 is 0 Å². The normalized spacial score (nSPS) is 34.0. The second-order valence-corrected chi connectivity index (χ2v) is 8.36. The molecule has 5 atom stereocenters. The molecule has 0 bridgehead atoms. The number of hydrogen-bond acceptors (Lipinski definition) is 8. The fraction of sp³-hybridized carbons (Fsp3) is 0.636. The van der Waals surface area contributed by atoms with Crippen LogP contribution in [0, 0.1) is 5.92 Å². The maximum absolute atomic E-state index is 12.6. The lowest BCUT2D eigenvalue weighted by Gasteiger charge is -2.27. The van der Waals surface area contributed by atoms with Crippen LogP contribution in [0.4, 0.5) is 0 Å². The maximum Gasteiger partial charge on any atom is 0.338 e. The first-order valence-electron chi connectivity index (χ1n) is 10.2. The van der Waals surface area contributed by atoms with E-state index in [0.717, 1.165) is 0 Å². The van der Waals surface area contributed by atoms with Crippen molar-refractivity contribution in [3.05, 3.63) is 22.8 Å². The van der Waals surface area contributed by atoms with Gasteiger partial charge in [0, 0.05) is 30.4 Å². The molecule has 1 aliphatic carbocycles. The molecule has 0 radical (unpaired) electrons. The van der Waals surface area contributed by atoms with Gasteiger partial charge in [0.25, 0.3) is 0 Å². The van der Waals surface area contributed by atoms with Gasteiger partial charge in [-0.1, -0.05) is 13.0 Å². The molecule has 3 aliphatic rings. The zero-order chi connectivity index (χ0) is 22.2. The molecule has 0 unspecified atom stereocenters. The average Bonchev–Trinajstić information content (AvgIpc) is 3.25. The van der Waals surface area contributed by atoms with Crippen molar-refractivity contribution in [1.29, 1.82) is 0 Å². The molecule has 8 heteroatoms. The van der Waals surface area contributed by atoms with Crippen molar-refractivity contribution in [2.45, 2.75) is 77.8 Å². The highest BCUT2D eigenvalue weighted by Crippen LogP contribution is 2.49. The molecule has 0 aromatic heterocycles. The molecule has 164 valence electrons. The molecule has 0 N–H and O–H groups in total. The number of ether oxygens (including phenoxy) is 4. The Balaban J connectivity index is 2.05. The molecule has 30 heavy (non-hydrogen) atoms. The van der Waals surface area contributed by atoms with Gasteiger partial charge in [0.05, 0.1) is 11.2 Å². The van der Waals surface area contributed by atoms with Crippen LogP contribution in [-0.4, -0.2) is 54.2 Å². The Labute approximate surface area is 175 Å². The molecular weight excluding hydrogens is 392 g/mol. The summed E-state index contributed by atoms with van der Waals surface area (Å²) in [5.41, 5.74) is 0.369. The molecule has 3 rings (SSSR count). The van der Waals surface area contributed by atoms with Crippen LogP contribution < -0.4 is 0 Å². The van der Waals surface area contributed by atoms with Crippen molar-refractivity contribution in [3.8, 4) is 0 Å². The zero-order valence-electron chi connectivity index (χ0n) is 18.0. The molecule has 0 aromatic carbocycles. The van der Waals surface area contributed by atoms with Crippen molar-refractivity contribution in [3.63, 3.8) is 0 Å². The van der Waals surface area contributed by atoms with Gasteiger partial charge in [0.1, 0.15) is 24.6 Å². The monoisotopic (exact) mass is 420 g/mol. The maximum atomic E-state index is 12.6. The number of epoxide rings is 1. The van der Waals surface area contributed by atoms with Crippen molar-refractivity contribution < 1.29 is 38.1 Å². The molecule has 0 amide bonds. The third kappa shape index (κ3) is 4.33. The number of Topliss-reactive ketones (excluding diaryl/α,β-unsaturated/α-hetero) is 1. The van der Waals surface area contributed by atoms with E-state index >= 15 is 0 Å². The summed E-state index contributed by atoms with van der Waals surface area (Å²) >= 11 is 0. The highest BCUT2D eigenvalue weighted by Gasteiger charge is 2.62. The highest BCUT2D eigenvalue weighted by atomic mass is 16.6. The Kier molecular flexibility index (Phi) is 6.17. The van der Waals surface area contributed by atoms with Gasteiger partial charge in [0.2, 0.25) is 0 Å². The molecule has 0 spiro atoms. The van der Waals surface area contributed by atoms with Crippen LogP contribution in [0.3, 0.4) is 0 Å². The zero-order valence-corrected chi connectivity index (χ0v) is 18.0. The number of hydrogen-bond donors (Lipinski definition) is 0. The lowest BCUT2D eigenvalue weighted by Crippen LogP contribution is -2.36. The van der Waals surface area contributed by atoms with E-state index in [4.69, 9.17) is 18.9 Å². The standard InChI is InChI=1S/C22H28O8/c1-6-11(2)20(25)28-16-9-12(3)15(24)7-8-22(5)19(30-22)18-17(16)14(21(26)29-18)10-27-13(4)23/h6,12,16,18-19H,7-10H2,1-5H3/b11-6+/t12-,16+,18+,19+,22-/m1/s1. The number of esters is 3. The van der Waals surface area contributed by atoms with Crippen LogP contribution in [0.1, 0.15) is 53.9 Å². The topological polar surface area (TPSA) is 109 Å². The summed E-state index contributed by atoms with van der Waals surface area (Å²) in [5, 5.41) is 0. The van der Waals surface area contributed by atoms with Crippen LogP contribution in [0.2, 0.25) is 0 Å². The fourth-order valence-corrected chi connectivity index (χ4v) is 3.95. The van der Waals surface area contributed by atoms with E-state index in [1.54, 1.807) is 26.8 Å². The molecule has 2 heterocycles. The summed E-state index contributed by atoms with van der Waals surface area (Å²) in [6.45, 7) is 7.95. The van der Waals surface area contributed by atoms with E-state index in [0.29, 0.717) is 24.0 Å². The Morgan fingerprint density at radius 3 is 2.60 bits per heavy atom. The van der Waals surface area contributed by atoms with Crippen LogP contribution in [0.15, 0.2) is 22.8 Å². The number of carbonyl (C=O) groups is 4. The number of rotatable bonds is 4. The lowest BCUT2D eigenvalue weighted by molar-refractivity contribution is -0.145. The quantitative estimate of drug-likeness (QED) is 0.295. The molecule has 2 fully saturated rings. The Morgan fingerprint density at radius 1 is 1.27 bits per heavy atom. The summed E-state index contributed by atoms with van der Waals surface area (Å²) in [5.74, 6) is -2.08. The highest BCUT2D eigenvalue weighted by molar-refractivity contribution is 5.94. The molecule has 1 saturated heterocycles. The largest absolute Gasteiger partial charge is 0.461 e. The average molecular weight is 420 g/mol. The number of carbonyl (C=O) groups excluding carboxylic acids is 4. The molecule has 0 aromatic rings. The first-order valence-corrected chi connectivity index (χ1v) is 10.2. The number of allylic oxidation sites excluding steroid dienone is 1. The van der Waals surface area contributed by atoms with Crippen LogP contribution in [0.25, 0.3) is 0 Å². The third-order valence-corrected chi connectivity index (χ3v) is 6.11. The smallest absolute Gasteiger partial charge is 0.338 e. The van der Waals surface area contributed by atoms with E-state index in [1.807, 2.05) is 6.92 Å². The summed E-state index contributed by atoms with van der Waals surface area (Å²) in [7, 11) is 0. The van der Waals surface area contributed by atoms with Gasteiger partial charge in [-0.2, -0.15) is 0 Å². The van der Waals surface area contributed by atoms with Gasteiger partial charge in [-0.05, 0) is 33.6 Å². The molecule has 1 saturated carbocycles. The second-order valence-electron chi connectivity index (χ2n) is 8.36. The van der Waals surface area contributed by atoms with Crippen molar-refractivity contribution >= 4 is 23.7 Å². The third-order valence-electron chi connectivity index (χ3n) is 6.11. The van der Waals surface area contributed by atoms with Crippen molar-refractivity contribution in [2.75, 3.05) is 6.61 Å². The van der Waals surface area contributed by atoms with E-state index < -0.39 is 47.7 Å². The number of fused-ring (bicyclic) bond motifs is 3. The first-order chi connectivity index (χ1) is 14.1. The Hall–Kier alpha value is -2.48. The van der Waals surface area contributed by atoms with Gasteiger partial charge in [-0.15, -0.1) is 0 Å². The minimum atomic E-state index is -0.875. The van der Waals surface area contributed by atoms with Gasteiger partial charge >= 0.3 is 17.9 Å². The van der Waals surface area contributed by atoms with E-state index in [9.17, 15) is 19.2 Å². The minimum Gasteiger partial charge on any atom is -0.461 e. The Bertz CT molecular complexity index is 838. The predicted octanol–water partition coefficient (Wildman–Crippen LogP) is 2.20. The SMILES string of the molecule is C/C=C(\C)C(=O)O[C@H]1C[C@@H](C)C(=O)CC[C@@]2(C)O[C@H]2[C@H]2OC(=O)C(COC(C)=O)=C12. The first kappa shape index (κ1) is 22.2. The van der Waals surface area contributed by atoms with E-state index in [2.05, 4.69) is 0 Å². The molecule has 2 aliphatic heterocycles. The van der Waals surface area contributed by atoms with Gasteiger partial charge in [-0.3, -0.25) is 9.59 Å². The summed E-state index contributed by atoms with van der Waals surface area (Å²) in [6, 6.07) is 0. The van der Waals surface area contributed by atoms with Crippen molar-refractivity contribution in [2.24, 2.45) is 5.92 Å². The van der Waals surface area contributed by atoms with E-state index in [-0.39, 0.29) is 24.4 Å². The van der Waals surface area contributed by atoms with Crippen LogP contribution in [-0.2, 0) is 38.1 Å². The number of ketones is 1. The van der Waals surface area contributed by atoms with Gasteiger partial charge < -0.3 is 18.9 Å². The summed E-state index contributed by atoms with van der Waals surface area (Å²) in [6.07, 6.45) is 0.609. The Morgan fingerprint density at radius 2 is 1.97 bits per heavy atom.